The fraction of sp³-hybridized carbons (Fsp3) is 0.194. The van der Waals surface area contributed by atoms with E-state index in [1.54, 1.807) is 10.7 Å². The molecule has 4 N–H and O–H groups in total. The van der Waals surface area contributed by atoms with Gasteiger partial charge in [-0.3, -0.25) is 0 Å². The van der Waals surface area contributed by atoms with Crippen LogP contribution < -0.4 is 21.8 Å². The summed E-state index contributed by atoms with van der Waals surface area (Å²) in [5, 5.41) is 11.1. The van der Waals surface area contributed by atoms with Gasteiger partial charge in [0.25, 0.3) is 0 Å². The van der Waals surface area contributed by atoms with Gasteiger partial charge < -0.3 is 21.3 Å². The van der Waals surface area contributed by atoms with Crippen molar-refractivity contribution in [2.75, 3.05) is 36.0 Å². The Hall–Kier alpha value is -4.79. The fourth-order valence-corrected chi connectivity index (χ4v) is 5.29. The van der Waals surface area contributed by atoms with Gasteiger partial charge in [-0.15, -0.1) is 0 Å². The molecule has 0 spiro atoms. The van der Waals surface area contributed by atoms with Crippen LogP contribution in [0.1, 0.15) is 12.8 Å². The van der Waals surface area contributed by atoms with E-state index in [2.05, 4.69) is 27.9 Å². The molecule has 40 heavy (non-hydrogen) atoms. The maximum Gasteiger partial charge on any atom is 0.321 e. The summed E-state index contributed by atoms with van der Waals surface area (Å²) in [6.45, 7) is 2.05. The predicted octanol–water partition coefficient (Wildman–Crippen LogP) is 4.80. The highest BCUT2D eigenvalue weighted by molar-refractivity contribution is 6.36. The molecular weight excluding hydrogens is 497 g/mol. The number of nitrogens with two attached hydrogens (primary N) is 1. The quantitative estimate of drug-likeness (QED) is 0.218. The van der Waals surface area contributed by atoms with Gasteiger partial charge in [-0.1, -0.05) is 66.7 Å². The third kappa shape index (κ3) is 5.23. The molecule has 1 aliphatic rings. The number of amides is 2. The molecule has 2 amide bonds. The highest BCUT2D eigenvalue weighted by atomic mass is 16.2. The van der Waals surface area contributed by atoms with Crippen molar-refractivity contribution in [2.24, 2.45) is 5.92 Å². The lowest BCUT2D eigenvalue weighted by atomic mass is 9.98. The Morgan fingerprint density at radius 1 is 1.00 bits per heavy atom. The van der Waals surface area contributed by atoms with Crippen molar-refractivity contribution >= 4 is 42.2 Å². The number of fused-ring (bicyclic) bond motifs is 1. The summed E-state index contributed by atoms with van der Waals surface area (Å²) in [5.41, 5.74) is 12.4. The lowest BCUT2D eigenvalue weighted by molar-refractivity contribution is 0.180. The third-order valence-corrected chi connectivity index (χ3v) is 7.37. The standard InChI is InChI=1S/C31H30BN7O/c32-25-19-35-39-29(17-28(36-30(25)39)24-13-4-6-14-26(24)33)34-18-21-9-8-16-38(20-21)31(40)37-27-15-7-5-12-23(27)22-10-2-1-3-11-22/h1-7,10-15,17,19,21,34H,8-9,16,18,20,33H2,(H,37,40). The molecule has 8 nitrogen and oxygen atoms in total. The number of anilines is 3. The summed E-state index contributed by atoms with van der Waals surface area (Å²) in [5.74, 6) is 1.04. The lowest BCUT2D eigenvalue weighted by Crippen LogP contribution is -2.44. The van der Waals surface area contributed by atoms with Gasteiger partial charge in [-0.05, 0) is 41.9 Å². The van der Waals surface area contributed by atoms with Crippen LogP contribution in [0.4, 0.5) is 22.0 Å². The maximum absolute atomic E-state index is 13.3. The largest absolute Gasteiger partial charge is 0.398 e. The number of carbonyl (C=O) groups is 1. The van der Waals surface area contributed by atoms with Crippen molar-refractivity contribution in [2.45, 2.75) is 12.8 Å². The average molecular weight is 527 g/mol. The summed E-state index contributed by atoms with van der Waals surface area (Å²) in [7, 11) is 6.18. The zero-order valence-electron chi connectivity index (χ0n) is 22.1. The van der Waals surface area contributed by atoms with E-state index in [0.717, 1.165) is 53.3 Å². The molecular formula is C31H30BN7O. The number of piperidine rings is 1. The van der Waals surface area contributed by atoms with Crippen LogP contribution in [0.3, 0.4) is 0 Å². The summed E-state index contributed by atoms with van der Waals surface area (Å²) >= 11 is 0. The second-order valence-electron chi connectivity index (χ2n) is 10.1. The first-order valence-corrected chi connectivity index (χ1v) is 13.5. The minimum Gasteiger partial charge on any atom is -0.398 e. The van der Waals surface area contributed by atoms with E-state index in [4.69, 9.17) is 18.6 Å². The third-order valence-electron chi connectivity index (χ3n) is 7.37. The normalized spacial score (nSPS) is 15.2. The molecule has 1 saturated heterocycles. The van der Waals surface area contributed by atoms with Crippen LogP contribution in [0.25, 0.3) is 28.0 Å². The van der Waals surface area contributed by atoms with Gasteiger partial charge in [0.15, 0.2) is 5.65 Å². The highest BCUT2D eigenvalue weighted by Gasteiger charge is 2.25. The molecule has 9 heteroatoms. The van der Waals surface area contributed by atoms with E-state index in [1.165, 1.54) is 0 Å². The van der Waals surface area contributed by atoms with Gasteiger partial charge in [0.05, 0.1) is 11.4 Å². The van der Waals surface area contributed by atoms with E-state index in [1.807, 2.05) is 77.7 Å². The minimum atomic E-state index is -0.0823. The number of rotatable bonds is 6. The molecule has 6 rings (SSSR count). The summed E-state index contributed by atoms with van der Waals surface area (Å²) in [4.78, 5) is 20.0. The molecule has 1 fully saturated rings. The Kier molecular flexibility index (Phi) is 7.10. The molecule has 2 aromatic heterocycles. The number of nitrogens with zero attached hydrogens (tertiary/aromatic N) is 4. The van der Waals surface area contributed by atoms with E-state index >= 15 is 0 Å². The Morgan fingerprint density at radius 2 is 1.75 bits per heavy atom. The van der Waals surface area contributed by atoms with Gasteiger partial charge >= 0.3 is 6.03 Å². The first-order valence-electron chi connectivity index (χ1n) is 13.5. The van der Waals surface area contributed by atoms with Gasteiger partial charge in [0.2, 0.25) is 0 Å². The topological polar surface area (TPSA) is 101 Å². The number of benzene rings is 3. The smallest absolute Gasteiger partial charge is 0.321 e. The van der Waals surface area contributed by atoms with Crippen LogP contribution in [0.15, 0.2) is 91.1 Å². The maximum atomic E-state index is 13.3. The number of nitrogen functional groups attached to an aromatic ring is 1. The number of aromatic nitrogens is 3. The Morgan fingerprint density at radius 3 is 2.58 bits per heavy atom. The van der Waals surface area contributed by atoms with Gasteiger partial charge in [-0.25, -0.2) is 9.78 Å². The summed E-state index contributed by atoms with van der Waals surface area (Å²) in [6.07, 6.45) is 3.56. The molecule has 3 heterocycles. The fourth-order valence-electron chi connectivity index (χ4n) is 5.29. The molecule has 198 valence electrons. The van der Waals surface area contributed by atoms with Crippen molar-refractivity contribution in [3.8, 4) is 22.4 Å². The van der Waals surface area contributed by atoms with Crippen LogP contribution in [0.2, 0.25) is 0 Å². The second-order valence-corrected chi connectivity index (χ2v) is 10.1. The number of hydrogen-bond acceptors (Lipinski definition) is 5. The number of likely N-dealkylation sites (tertiary alicyclic amines) is 1. The monoisotopic (exact) mass is 527 g/mol. The first kappa shape index (κ1) is 25.5. The van der Waals surface area contributed by atoms with E-state index in [-0.39, 0.29) is 11.9 Å². The van der Waals surface area contributed by atoms with Crippen LogP contribution >= 0.6 is 0 Å². The lowest BCUT2D eigenvalue weighted by Gasteiger charge is -2.33. The molecule has 5 aromatic rings. The predicted molar refractivity (Wildman–Crippen MR) is 162 cm³/mol. The molecule has 0 aliphatic carbocycles. The van der Waals surface area contributed by atoms with Gasteiger partial charge in [-0.2, -0.15) is 9.61 Å². The first-order chi connectivity index (χ1) is 19.6. The molecule has 2 radical (unpaired) electrons. The second kappa shape index (κ2) is 11.1. The summed E-state index contributed by atoms with van der Waals surface area (Å²) in [6, 6.07) is 27.5. The van der Waals surface area contributed by atoms with Crippen molar-refractivity contribution in [1.82, 2.24) is 19.5 Å². The Bertz CT molecular complexity index is 1650. The van der Waals surface area contributed by atoms with Gasteiger partial charge in [0.1, 0.15) is 13.7 Å². The number of hydrogen-bond donors (Lipinski definition) is 3. The number of para-hydroxylation sites is 2. The SMILES string of the molecule is [B]c1cnn2c(NCC3CCCN(C(=O)Nc4ccccc4-c4ccccc4)C3)cc(-c3ccccc3N)nc12. The van der Waals surface area contributed by atoms with Crippen LogP contribution in [-0.2, 0) is 0 Å². The highest BCUT2D eigenvalue weighted by Crippen LogP contribution is 2.29. The number of carbonyl (C=O) groups excluding carboxylic acids is 1. The van der Waals surface area contributed by atoms with E-state index in [9.17, 15) is 4.79 Å². The summed E-state index contributed by atoms with van der Waals surface area (Å²) < 4.78 is 1.71. The van der Waals surface area contributed by atoms with Crippen molar-refractivity contribution in [3.63, 3.8) is 0 Å². The van der Waals surface area contributed by atoms with Crippen molar-refractivity contribution in [1.29, 1.82) is 0 Å². The van der Waals surface area contributed by atoms with Crippen LogP contribution in [0, 0.1) is 5.92 Å². The molecule has 0 saturated carbocycles. The van der Waals surface area contributed by atoms with E-state index < -0.39 is 0 Å². The van der Waals surface area contributed by atoms with Crippen LogP contribution in [0.5, 0.6) is 0 Å². The Labute approximate surface area is 234 Å². The zero-order chi connectivity index (χ0) is 27.5. The molecule has 3 aromatic carbocycles. The van der Waals surface area contributed by atoms with E-state index in [0.29, 0.717) is 29.9 Å². The van der Waals surface area contributed by atoms with Gasteiger partial charge in [0, 0.05) is 48.7 Å². The molecule has 1 atom stereocenters. The van der Waals surface area contributed by atoms with Crippen LogP contribution in [-0.4, -0.2) is 53.0 Å². The molecule has 0 bridgehead atoms. The molecule has 1 unspecified atom stereocenters. The zero-order valence-corrected chi connectivity index (χ0v) is 22.1. The van der Waals surface area contributed by atoms with Crippen molar-refractivity contribution in [3.05, 3.63) is 91.1 Å². The number of urea groups is 1. The molecule has 1 aliphatic heterocycles. The average Bonchev–Trinajstić information content (AvgIpc) is 3.37. The Balaban J connectivity index is 1.16. The van der Waals surface area contributed by atoms with Crippen molar-refractivity contribution < 1.29 is 4.79 Å². The number of nitrogens with one attached hydrogen (secondary N) is 2. The minimum absolute atomic E-state index is 0.0823.